The highest BCUT2D eigenvalue weighted by Gasteiger charge is 2.07. The van der Waals surface area contributed by atoms with Crippen LogP contribution in [0.25, 0.3) is 0 Å². The lowest BCUT2D eigenvalue weighted by Gasteiger charge is -2.08. The van der Waals surface area contributed by atoms with E-state index >= 15 is 0 Å². The fourth-order valence-corrected chi connectivity index (χ4v) is 2.97. The van der Waals surface area contributed by atoms with Gasteiger partial charge in [0.25, 0.3) is 0 Å². The van der Waals surface area contributed by atoms with E-state index in [9.17, 15) is 0 Å². The smallest absolute Gasteiger partial charge is 0.157 e. The normalized spacial score (nSPS) is 10.8. The summed E-state index contributed by atoms with van der Waals surface area (Å²) in [6.45, 7) is 7.13. The fourth-order valence-electron chi connectivity index (χ4n) is 1.68. The molecule has 0 atom stereocenters. The fraction of sp³-hybridized carbons (Fsp3) is 0.333. The van der Waals surface area contributed by atoms with Crippen LogP contribution < -0.4 is 0 Å². The zero-order valence-electron chi connectivity index (χ0n) is 11.8. The Labute approximate surface area is 128 Å². The van der Waals surface area contributed by atoms with Crippen LogP contribution in [-0.4, -0.2) is 16.6 Å². The number of hydrogen-bond donors (Lipinski definition) is 0. The summed E-state index contributed by atoms with van der Waals surface area (Å²) in [5.74, 6) is 0.618. The van der Waals surface area contributed by atoms with Gasteiger partial charge in [-0.05, 0) is 38.0 Å². The molecule has 0 fully saturated rings. The Morgan fingerprint density at radius 1 is 1.20 bits per heavy atom. The maximum absolute atomic E-state index is 6.05. The van der Waals surface area contributed by atoms with Crippen molar-refractivity contribution in [2.24, 2.45) is 0 Å². The molecular formula is C15H17ClN2OS. The SMILES string of the molecule is CCOCc1nc(Cl)cc(Sc2cc(C)ccc2C)n1. The standard InChI is InChI=1S/C15H17ClN2OS/c1-4-19-9-14-17-13(16)8-15(18-14)20-12-7-10(2)5-6-11(12)3/h5-8H,4,9H2,1-3H3. The number of ether oxygens (including phenoxy) is 1. The van der Waals surface area contributed by atoms with E-state index in [0.717, 1.165) is 5.03 Å². The zero-order valence-corrected chi connectivity index (χ0v) is 13.4. The van der Waals surface area contributed by atoms with Gasteiger partial charge in [0, 0.05) is 17.6 Å². The second kappa shape index (κ2) is 7.07. The molecule has 0 radical (unpaired) electrons. The molecule has 3 nitrogen and oxygen atoms in total. The highest BCUT2D eigenvalue weighted by molar-refractivity contribution is 7.99. The van der Waals surface area contributed by atoms with Crippen molar-refractivity contribution in [3.05, 3.63) is 46.4 Å². The molecule has 106 valence electrons. The average Bonchev–Trinajstić information content (AvgIpc) is 2.40. The number of nitrogens with zero attached hydrogens (tertiary/aromatic N) is 2. The lowest BCUT2D eigenvalue weighted by atomic mass is 10.2. The van der Waals surface area contributed by atoms with Gasteiger partial charge < -0.3 is 4.74 Å². The molecule has 20 heavy (non-hydrogen) atoms. The van der Waals surface area contributed by atoms with Crippen molar-refractivity contribution < 1.29 is 4.74 Å². The molecule has 0 unspecified atom stereocenters. The lowest BCUT2D eigenvalue weighted by molar-refractivity contribution is 0.128. The third kappa shape index (κ3) is 4.20. The van der Waals surface area contributed by atoms with Crippen LogP contribution in [0.1, 0.15) is 23.9 Å². The van der Waals surface area contributed by atoms with E-state index in [1.54, 1.807) is 17.8 Å². The van der Waals surface area contributed by atoms with E-state index in [4.69, 9.17) is 16.3 Å². The molecular weight excluding hydrogens is 292 g/mol. The van der Waals surface area contributed by atoms with Gasteiger partial charge in [-0.25, -0.2) is 9.97 Å². The molecule has 0 spiro atoms. The quantitative estimate of drug-likeness (QED) is 0.765. The highest BCUT2D eigenvalue weighted by Crippen LogP contribution is 2.30. The number of benzene rings is 1. The lowest BCUT2D eigenvalue weighted by Crippen LogP contribution is -2.00. The minimum Gasteiger partial charge on any atom is -0.374 e. The Kier molecular flexibility index (Phi) is 5.40. The summed E-state index contributed by atoms with van der Waals surface area (Å²) in [6.07, 6.45) is 0. The molecule has 0 saturated heterocycles. The first-order valence-corrected chi connectivity index (χ1v) is 7.64. The van der Waals surface area contributed by atoms with Crippen molar-refractivity contribution in [1.82, 2.24) is 9.97 Å². The summed E-state index contributed by atoms with van der Waals surface area (Å²) >= 11 is 7.65. The first-order valence-electron chi connectivity index (χ1n) is 6.45. The summed E-state index contributed by atoms with van der Waals surface area (Å²) in [4.78, 5) is 9.83. The molecule has 0 aliphatic heterocycles. The maximum Gasteiger partial charge on any atom is 0.157 e. The van der Waals surface area contributed by atoms with Crippen LogP contribution in [0.15, 0.2) is 34.2 Å². The van der Waals surface area contributed by atoms with Gasteiger partial charge in [0.1, 0.15) is 16.8 Å². The van der Waals surface area contributed by atoms with Crippen LogP contribution in [0.2, 0.25) is 5.15 Å². The molecule has 2 aromatic rings. The summed E-state index contributed by atoms with van der Waals surface area (Å²) in [5, 5.41) is 1.29. The van der Waals surface area contributed by atoms with E-state index in [1.165, 1.54) is 16.0 Å². The molecule has 0 N–H and O–H groups in total. The number of hydrogen-bond acceptors (Lipinski definition) is 4. The predicted octanol–water partition coefficient (Wildman–Crippen LogP) is 4.43. The van der Waals surface area contributed by atoms with Gasteiger partial charge in [-0.3, -0.25) is 0 Å². The van der Waals surface area contributed by atoms with Crippen molar-refractivity contribution in [2.45, 2.75) is 37.3 Å². The molecule has 0 bridgehead atoms. The largest absolute Gasteiger partial charge is 0.374 e. The van der Waals surface area contributed by atoms with Gasteiger partial charge in [0.2, 0.25) is 0 Å². The Morgan fingerprint density at radius 2 is 2.00 bits per heavy atom. The molecule has 0 amide bonds. The van der Waals surface area contributed by atoms with Crippen LogP contribution >= 0.6 is 23.4 Å². The van der Waals surface area contributed by atoms with Crippen molar-refractivity contribution in [1.29, 1.82) is 0 Å². The Balaban J connectivity index is 2.24. The average molecular weight is 309 g/mol. The third-order valence-corrected chi connectivity index (χ3v) is 3.98. The summed E-state index contributed by atoms with van der Waals surface area (Å²) < 4.78 is 5.33. The Bertz CT molecular complexity index is 604. The van der Waals surface area contributed by atoms with Crippen molar-refractivity contribution in [3.8, 4) is 0 Å². The second-order valence-corrected chi connectivity index (χ2v) is 5.90. The van der Waals surface area contributed by atoms with Crippen LogP contribution in [0, 0.1) is 13.8 Å². The van der Waals surface area contributed by atoms with Crippen LogP contribution in [0.5, 0.6) is 0 Å². The highest BCUT2D eigenvalue weighted by atomic mass is 35.5. The predicted molar refractivity (Wildman–Crippen MR) is 82.4 cm³/mol. The van der Waals surface area contributed by atoms with Gasteiger partial charge in [-0.1, -0.05) is 35.5 Å². The molecule has 2 rings (SSSR count). The molecule has 5 heteroatoms. The van der Waals surface area contributed by atoms with Gasteiger partial charge in [0.15, 0.2) is 5.82 Å². The van der Waals surface area contributed by atoms with Gasteiger partial charge in [-0.15, -0.1) is 0 Å². The number of halogens is 1. The van der Waals surface area contributed by atoms with Crippen LogP contribution in [0.4, 0.5) is 0 Å². The number of aryl methyl sites for hydroxylation is 2. The third-order valence-electron chi connectivity index (χ3n) is 2.71. The maximum atomic E-state index is 6.05. The first kappa shape index (κ1) is 15.3. The topological polar surface area (TPSA) is 35.0 Å². The summed E-state index contributed by atoms with van der Waals surface area (Å²) in [6, 6.07) is 8.15. The van der Waals surface area contributed by atoms with E-state index in [-0.39, 0.29) is 0 Å². The minimum absolute atomic E-state index is 0.386. The van der Waals surface area contributed by atoms with E-state index in [2.05, 4.69) is 42.0 Å². The molecule has 0 saturated carbocycles. The molecule has 0 aliphatic rings. The van der Waals surface area contributed by atoms with Crippen LogP contribution in [-0.2, 0) is 11.3 Å². The minimum atomic E-state index is 0.386. The van der Waals surface area contributed by atoms with Gasteiger partial charge in [0.05, 0.1) is 0 Å². The number of rotatable bonds is 5. The Hall–Kier alpha value is -1.10. The molecule has 1 heterocycles. The second-order valence-electron chi connectivity index (χ2n) is 4.45. The van der Waals surface area contributed by atoms with E-state index < -0.39 is 0 Å². The van der Waals surface area contributed by atoms with Crippen molar-refractivity contribution >= 4 is 23.4 Å². The van der Waals surface area contributed by atoms with Gasteiger partial charge >= 0.3 is 0 Å². The number of aromatic nitrogens is 2. The summed E-state index contributed by atoms with van der Waals surface area (Å²) in [5.41, 5.74) is 2.45. The summed E-state index contributed by atoms with van der Waals surface area (Å²) in [7, 11) is 0. The van der Waals surface area contributed by atoms with E-state index in [0.29, 0.717) is 24.2 Å². The van der Waals surface area contributed by atoms with Gasteiger partial charge in [-0.2, -0.15) is 0 Å². The van der Waals surface area contributed by atoms with E-state index in [1.807, 2.05) is 6.92 Å². The van der Waals surface area contributed by atoms with Crippen molar-refractivity contribution in [3.63, 3.8) is 0 Å². The Morgan fingerprint density at radius 3 is 2.75 bits per heavy atom. The molecule has 1 aromatic heterocycles. The first-order chi connectivity index (χ1) is 9.58. The molecule has 0 aliphatic carbocycles. The zero-order chi connectivity index (χ0) is 14.5. The monoisotopic (exact) mass is 308 g/mol. The molecule has 1 aromatic carbocycles. The van der Waals surface area contributed by atoms with Crippen LogP contribution in [0.3, 0.4) is 0 Å². The van der Waals surface area contributed by atoms with Crippen molar-refractivity contribution in [2.75, 3.05) is 6.61 Å².